The summed E-state index contributed by atoms with van der Waals surface area (Å²) in [6, 6.07) is 1.78. The predicted octanol–water partition coefficient (Wildman–Crippen LogP) is 2.78. The summed E-state index contributed by atoms with van der Waals surface area (Å²) in [4.78, 5) is 44.9. The van der Waals surface area contributed by atoms with E-state index in [2.05, 4.69) is 29.1 Å². The van der Waals surface area contributed by atoms with E-state index < -0.39 is 11.2 Å². The van der Waals surface area contributed by atoms with Crippen LogP contribution < -0.4 is 16.6 Å². The van der Waals surface area contributed by atoms with Crippen molar-refractivity contribution in [1.82, 2.24) is 19.9 Å². The van der Waals surface area contributed by atoms with E-state index in [9.17, 15) is 14.4 Å². The van der Waals surface area contributed by atoms with Gasteiger partial charge in [0.05, 0.1) is 10.9 Å². The van der Waals surface area contributed by atoms with E-state index in [1.165, 1.54) is 11.0 Å². The SMILES string of the molecule is CCn1c(=O)[nH]c(=O)c2c(C(=O)NC3CCCC(C)C3C)cc(C(C)C)nc21. The average Bonchev–Trinajstić information content (AvgIpc) is 2.64. The number of fused-ring (bicyclic) bond motifs is 1. The minimum absolute atomic E-state index is 0.0595. The van der Waals surface area contributed by atoms with E-state index in [1.807, 2.05) is 20.8 Å². The molecule has 2 aromatic heterocycles. The summed E-state index contributed by atoms with van der Waals surface area (Å²) in [7, 11) is 0. The van der Waals surface area contributed by atoms with Crippen molar-refractivity contribution in [1.29, 1.82) is 0 Å². The third-order valence-electron chi connectivity index (χ3n) is 6.14. The van der Waals surface area contributed by atoms with Crippen LogP contribution in [0, 0.1) is 11.8 Å². The van der Waals surface area contributed by atoms with Crippen LogP contribution in [0.15, 0.2) is 15.7 Å². The molecule has 2 aromatic rings. The summed E-state index contributed by atoms with van der Waals surface area (Å²) in [5.41, 5.74) is 0.187. The molecule has 2 N–H and O–H groups in total. The average molecular weight is 386 g/mol. The van der Waals surface area contributed by atoms with Crippen molar-refractivity contribution in [3.8, 4) is 0 Å². The summed E-state index contributed by atoms with van der Waals surface area (Å²) < 4.78 is 1.41. The summed E-state index contributed by atoms with van der Waals surface area (Å²) in [5, 5.41) is 3.33. The second-order valence-corrected chi connectivity index (χ2v) is 8.30. The third kappa shape index (κ3) is 3.62. The number of nitrogens with one attached hydrogen (secondary N) is 2. The second kappa shape index (κ2) is 7.89. The van der Waals surface area contributed by atoms with Crippen LogP contribution in [-0.4, -0.2) is 26.5 Å². The summed E-state index contributed by atoms with van der Waals surface area (Å²) in [5.74, 6) is 0.715. The molecule has 28 heavy (non-hydrogen) atoms. The Morgan fingerprint density at radius 2 is 2.04 bits per heavy atom. The lowest BCUT2D eigenvalue weighted by Crippen LogP contribution is -2.44. The minimum Gasteiger partial charge on any atom is -0.349 e. The molecule has 1 amide bonds. The van der Waals surface area contributed by atoms with Gasteiger partial charge in [-0.05, 0) is 37.2 Å². The molecule has 0 radical (unpaired) electrons. The molecular weight excluding hydrogens is 356 g/mol. The van der Waals surface area contributed by atoms with Crippen LogP contribution in [0.2, 0.25) is 0 Å². The molecular formula is C21H30N4O3. The number of hydrogen-bond acceptors (Lipinski definition) is 4. The van der Waals surface area contributed by atoms with Crippen molar-refractivity contribution in [2.75, 3.05) is 0 Å². The highest BCUT2D eigenvalue weighted by molar-refractivity contribution is 6.05. The molecule has 7 nitrogen and oxygen atoms in total. The molecule has 7 heteroatoms. The second-order valence-electron chi connectivity index (χ2n) is 8.30. The van der Waals surface area contributed by atoms with Gasteiger partial charge < -0.3 is 5.32 Å². The Morgan fingerprint density at radius 3 is 2.68 bits per heavy atom. The maximum Gasteiger partial charge on any atom is 0.329 e. The number of hydrogen-bond donors (Lipinski definition) is 2. The summed E-state index contributed by atoms with van der Waals surface area (Å²) >= 11 is 0. The van der Waals surface area contributed by atoms with Crippen molar-refractivity contribution in [3.63, 3.8) is 0 Å². The number of nitrogens with zero attached hydrogens (tertiary/aromatic N) is 2. The summed E-state index contributed by atoms with van der Waals surface area (Å²) in [6.07, 6.45) is 3.19. The van der Waals surface area contributed by atoms with Crippen molar-refractivity contribution in [2.45, 2.75) is 72.4 Å². The zero-order chi connectivity index (χ0) is 20.6. The fourth-order valence-corrected chi connectivity index (χ4v) is 4.09. The first-order valence-corrected chi connectivity index (χ1v) is 10.2. The fourth-order valence-electron chi connectivity index (χ4n) is 4.09. The molecule has 1 fully saturated rings. The number of aromatic amines is 1. The maximum atomic E-state index is 13.2. The van der Waals surface area contributed by atoms with E-state index in [4.69, 9.17) is 0 Å². The lowest BCUT2D eigenvalue weighted by atomic mass is 9.78. The molecule has 0 aliphatic heterocycles. The van der Waals surface area contributed by atoms with Gasteiger partial charge in [0.1, 0.15) is 0 Å². The quantitative estimate of drug-likeness (QED) is 0.844. The van der Waals surface area contributed by atoms with Gasteiger partial charge in [0, 0.05) is 18.3 Å². The van der Waals surface area contributed by atoms with Crippen LogP contribution >= 0.6 is 0 Å². The number of H-pyrrole nitrogens is 1. The van der Waals surface area contributed by atoms with Gasteiger partial charge in [0.25, 0.3) is 11.5 Å². The number of carbonyl (C=O) groups excluding carboxylic acids is 1. The molecule has 3 atom stereocenters. The van der Waals surface area contributed by atoms with E-state index in [0.717, 1.165) is 12.8 Å². The normalized spacial score (nSPS) is 22.6. The molecule has 1 saturated carbocycles. The van der Waals surface area contributed by atoms with Gasteiger partial charge in [-0.15, -0.1) is 0 Å². The van der Waals surface area contributed by atoms with Crippen LogP contribution in [0.4, 0.5) is 0 Å². The Labute approximate surface area is 164 Å². The van der Waals surface area contributed by atoms with E-state index in [0.29, 0.717) is 29.6 Å². The first-order chi connectivity index (χ1) is 13.2. The molecule has 2 heterocycles. The number of aromatic nitrogens is 3. The topological polar surface area (TPSA) is 96.9 Å². The standard InChI is InChI=1S/C21H30N4O3/c1-6-25-18-17(20(27)24-21(25)28)14(10-16(22-18)11(2)3)19(26)23-15-9-7-8-12(4)13(15)5/h10-13,15H,6-9H2,1-5H3,(H,23,26)(H,24,27,28). The zero-order valence-electron chi connectivity index (χ0n) is 17.3. The Kier molecular flexibility index (Phi) is 5.72. The van der Waals surface area contributed by atoms with Gasteiger partial charge in [-0.1, -0.05) is 40.5 Å². The molecule has 152 valence electrons. The predicted molar refractivity (Wildman–Crippen MR) is 110 cm³/mol. The molecule has 0 saturated heterocycles. The van der Waals surface area contributed by atoms with Crippen molar-refractivity contribution in [2.24, 2.45) is 11.8 Å². The smallest absolute Gasteiger partial charge is 0.329 e. The summed E-state index contributed by atoms with van der Waals surface area (Å²) in [6.45, 7) is 10.5. The number of amides is 1. The molecule has 0 bridgehead atoms. The van der Waals surface area contributed by atoms with Crippen LogP contribution in [0.5, 0.6) is 0 Å². The Hall–Kier alpha value is -2.44. The van der Waals surface area contributed by atoms with Gasteiger partial charge in [-0.2, -0.15) is 0 Å². The molecule has 1 aliphatic rings. The molecule has 3 unspecified atom stereocenters. The largest absolute Gasteiger partial charge is 0.349 e. The van der Waals surface area contributed by atoms with Crippen LogP contribution in [-0.2, 0) is 6.54 Å². The number of rotatable bonds is 4. The van der Waals surface area contributed by atoms with Gasteiger partial charge in [-0.3, -0.25) is 19.1 Å². The van der Waals surface area contributed by atoms with Gasteiger partial charge in [0.15, 0.2) is 5.65 Å². The highest BCUT2D eigenvalue weighted by Gasteiger charge is 2.29. The highest BCUT2D eigenvalue weighted by Crippen LogP contribution is 2.30. The monoisotopic (exact) mass is 386 g/mol. The Balaban J connectivity index is 2.15. The van der Waals surface area contributed by atoms with E-state index in [-0.39, 0.29) is 28.9 Å². The third-order valence-corrected chi connectivity index (χ3v) is 6.14. The fraction of sp³-hybridized carbons (Fsp3) is 0.619. The number of pyridine rings is 1. The molecule has 0 aromatic carbocycles. The Bertz CT molecular complexity index is 1010. The maximum absolute atomic E-state index is 13.2. The lowest BCUT2D eigenvalue weighted by Gasteiger charge is -2.34. The number of aryl methyl sites for hydroxylation is 1. The van der Waals surface area contributed by atoms with Crippen molar-refractivity contribution < 1.29 is 4.79 Å². The van der Waals surface area contributed by atoms with Gasteiger partial charge >= 0.3 is 5.69 Å². The molecule has 3 rings (SSSR count). The van der Waals surface area contributed by atoms with Crippen LogP contribution in [0.1, 0.15) is 75.9 Å². The van der Waals surface area contributed by atoms with E-state index in [1.54, 1.807) is 6.07 Å². The number of carbonyl (C=O) groups is 1. The van der Waals surface area contributed by atoms with Gasteiger partial charge in [0.2, 0.25) is 0 Å². The van der Waals surface area contributed by atoms with Crippen molar-refractivity contribution >= 4 is 16.9 Å². The molecule has 1 aliphatic carbocycles. The highest BCUT2D eigenvalue weighted by atomic mass is 16.2. The van der Waals surface area contributed by atoms with Gasteiger partial charge in [-0.25, -0.2) is 9.78 Å². The lowest BCUT2D eigenvalue weighted by molar-refractivity contribution is 0.0892. The van der Waals surface area contributed by atoms with Crippen molar-refractivity contribution in [3.05, 3.63) is 38.2 Å². The van der Waals surface area contributed by atoms with E-state index >= 15 is 0 Å². The Morgan fingerprint density at radius 1 is 1.32 bits per heavy atom. The zero-order valence-corrected chi connectivity index (χ0v) is 17.3. The minimum atomic E-state index is -0.567. The first-order valence-electron chi connectivity index (χ1n) is 10.2. The molecule has 0 spiro atoms. The van der Waals surface area contributed by atoms with Crippen LogP contribution in [0.3, 0.4) is 0 Å². The first kappa shape index (κ1) is 20.3. The van der Waals surface area contributed by atoms with Crippen LogP contribution in [0.25, 0.3) is 11.0 Å².